The van der Waals surface area contributed by atoms with Crippen LogP contribution in [-0.4, -0.2) is 23.4 Å². The maximum absolute atomic E-state index is 15.7. The van der Waals surface area contributed by atoms with Crippen molar-refractivity contribution in [2.24, 2.45) is 17.1 Å². The number of anilines is 1. The predicted octanol–water partition coefficient (Wildman–Crippen LogP) is 7.47. The minimum Gasteiger partial charge on any atom is -0.366 e. The lowest BCUT2D eigenvalue weighted by Crippen LogP contribution is -2.42. The monoisotopic (exact) mass is 584 g/mol. The summed E-state index contributed by atoms with van der Waals surface area (Å²) in [6, 6.07) is 14.7. The molecular weight excluding hydrogens is 557 g/mol. The second-order valence-electron chi connectivity index (χ2n) is 11.1. The highest BCUT2D eigenvalue weighted by molar-refractivity contribution is 6.31. The summed E-state index contributed by atoms with van der Waals surface area (Å²) in [6.07, 6.45) is 0.415. The first-order valence-electron chi connectivity index (χ1n) is 12.6. The number of likely N-dealkylation sites (tertiary alicyclic amines) is 1. The molecule has 0 bridgehead atoms. The minimum atomic E-state index is -1.69. The first-order valence-corrected chi connectivity index (χ1v) is 13.3. The Morgan fingerprint density at radius 3 is 2.38 bits per heavy atom. The zero-order valence-corrected chi connectivity index (χ0v) is 23.7. The van der Waals surface area contributed by atoms with Gasteiger partial charge in [-0.1, -0.05) is 62.2 Å². The number of benzene rings is 3. The number of halogens is 4. The third-order valence-corrected chi connectivity index (χ3v) is 7.71. The Bertz CT molecular complexity index is 1500. The van der Waals surface area contributed by atoms with E-state index in [1.165, 1.54) is 59.5 Å². The number of nitrogens with two attached hydrogens (primary N) is 1. The van der Waals surface area contributed by atoms with Crippen LogP contribution in [0.15, 0.2) is 60.7 Å². The van der Waals surface area contributed by atoms with Crippen LogP contribution < -0.4 is 11.1 Å². The summed E-state index contributed by atoms with van der Waals surface area (Å²) >= 11 is 12.2. The summed E-state index contributed by atoms with van der Waals surface area (Å²) < 4.78 is 31.4. The van der Waals surface area contributed by atoms with E-state index in [-0.39, 0.29) is 38.7 Å². The zero-order valence-electron chi connectivity index (χ0n) is 22.1. The van der Waals surface area contributed by atoms with Crippen LogP contribution in [0.3, 0.4) is 0 Å². The van der Waals surface area contributed by atoms with Crippen molar-refractivity contribution in [3.8, 4) is 6.07 Å². The Morgan fingerprint density at radius 2 is 1.80 bits per heavy atom. The number of nitrogens with zero attached hydrogens (tertiary/aromatic N) is 2. The maximum Gasteiger partial charge on any atom is 0.322 e. The molecule has 1 aliphatic rings. The number of rotatable bonds is 5. The topological polar surface area (TPSA) is 99.2 Å². The van der Waals surface area contributed by atoms with Crippen LogP contribution in [0.2, 0.25) is 10.0 Å². The standard InChI is InChI=1S/C30H28Cl2F2N4O2/c1-29(2,3)14-18-15-38(28(40)37-20-10-7-17(8-11-20)27(36)39)26(21-5-4-6-23(32)25(21)34)30(18,16-35)22-12-9-19(31)13-24(22)33/h4-13,18,26H,14-15H2,1-3H3,(H2,36,39)(H,37,40)/t18-,26-,30-/m1/s1. The Hall–Kier alpha value is -3.67. The quantitative estimate of drug-likeness (QED) is 0.325. The number of hydrogen-bond donors (Lipinski definition) is 2. The van der Waals surface area contributed by atoms with Gasteiger partial charge in [-0.2, -0.15) is 5.26 Å². The zero-order chi connectivity index (χ0) is 29.4. The molecule has 3 atom stereocenters. The van der Waals surface area contributed by atoms with Gasteiger partial charge in [0.05, 0.1) is 17.1 Å². The molecule has 10 heteroatoms. The summed E-state index contributed by atoms with van der Waals surface area (Å²) in [4.78, 5) is 26.6. The minimum absolute atomic E-state index is 0.0131. The molecule has 208 valence electrons. The predicted molar refractivity (Wildman–Crippen MR) is 151 cm³/mol. The molecule has 1 aliphatic heterocycles. The lowest BCUT2D eigenvalue weighted by atomic mass is 9.63. The highest BCUT2D eigenvalue weighted by Gasteiger charge is 2.60. The fraction of sp³-hybridized carbons (Fsp3) is 0.300. The van der Waals surface area contributed by atoms with Gasteiger partial charge in [0.25, 0.3) is 0 Å². The average Bonchev–Trinajstić information content (AvgIpc) is 3.19. The first kappa shape index (κ1) is 29.3. The Balaban J connectivity index is 1.92. The molecule has 0 radical (unpaired) electrons. The molecule has 0 saturated carbocycles. The molecule has 1 heterocycles. The van der Waals surface area contributed by atoms with Crippen molar-refractivity contribution in [3.63, 3.8) is 0 Å². The van der Waals surface area contributed by atoms with E-state index in [2.05, 4.69) is 11.4 Å². The van der Waals surface area contributed by atoms with Gasteiger partial charge in [0.2, 0.25) is 5.91 Å². The first-order chi connectivity index (χ1) is 18.8. The number of primary amides is 1. The summed E-state index contributed by atoms with van der Waals surface area (Å²) in [5.41, 5.74) is 3.89. The molecule has 3 amide bonds. The van der Waals surface area contributed by atoms with Crippen LogP contribution in [0.5, 0.6) is 0 Å². The lowest BCUT2D eigenvalue weighted by molar-refractivity contribution is 0.1000. The molecule has 40 heavy (non-hydrogen) atoms. The van der Waals surface area contributed by atoms with Crippen molar-refractivity contribution in [1.29, 1.82) is 5.26 Å². The van der Waals surface area contributed by atoms with Gasteiger partial charge in [-0.3, -0.25) is 4.79 Å². The van der Waals surface area contributed by atoms with Gasteiger partial charge in [-0.25, -0.2) is 13.6 Å². The van der Waals surface area contributed by atoms with Gasteiger partial charge in [0.15, 0.2) is 0 Å². The molecular formula is C30H28Cl2F2N4O2. The van der Waals surface area contributed by atoms with Crippen molar-refractivity contribution < 1.29 is 18.4 Å². The van der Waals surface area contributed by atoms with E-state index >= 15 is 8.78 Å². The molecule has 1 fully saturated rings. The molecule has 0 unspecified atom stereocenters. The molecule has 0 spiro atoms. The van der Waals surface area contributed by atoms with E-state index in [0.717, 1.165) is 6.07 Å². The van der Waals surface area contributed by atoms with Crippen LogP contribution in [0.4, 0.5) is 19.3 Å². The third kappa shape index (κ3) is 5.49. The van der Waals surface area contributed by atoms with Crippen molar-refractivity contribution >= 4 is 40.8 Å². The molecule has 6 nitrogen and oxygen atoms in total. The summed E-state index contributed by atoms with van der Waals surface area (Å²) in [5, 5.41) is 13.6. The number of carbonyl (C=O) groups is 2. The van der Waals surface area contributed by atoms with Crippen molar-refractivity contribution in [3.05, 3.63) is 99.0 Å². The molecule has 1 saturated heterocycles. The van der Waals surface area contributed by atoms with Gasteiger partial charge in [-0.15, -0.1) is 0 Å². The van der Waals surface area contributed by atoms with Crippen LogP contribution in [0, 0.1) is 34.3 Å². The smallest absolute Gasteiger partial charge is 0.322 e. The van der Waals surface area contributed by atoms with Crippen LogP contribution in [-0.2, 0) is 5.41 Å². The van der Waals surface area contributed by atoms with Gasteiger partial charge in [0, 0.05) is 39.9 Å². The van der Waals surface area contributed by atoms with E-state index < -0.39 is 40.9 Å². The lowest BCUT2D eigenvalue weighted by Gasteiger charge is -2.38. The Labute approximate surface area is 241 Å². The molecule has 0 aliphatic carbocycles. The van der Waals surface area contributed by atoms with Crippen LogP contribution in [0.1, 0.15) is 54.7 Å². The number of nitriles is 1. The van der Waals surface area contributed by atoms with Gasteiger partial charge in [0.1, 0.15) is 17.0 Å². The molecule has 3 aromatic rings. The van der Waals surface area contributed by atoms with E-state index in [1.807, 2.05) is 20.8 Å². The van der Waals surface area contributed by atoms with Gasteiger partial charge >= 0.3 is 6.03 Å². The van der Waals surface area contributed by atoms with Gasteiger partial charge in [-0.05, 0) is 54.3 Å². The summed E-state index contributed by atoms with van der Waals surface area (Å²) in [6.45, 7) is 5.96. The van der Waals surface area contributed by atoms with Crippen LogP contribution >= 0.6 is 23.2 Å². The third-order valence-electron chi connectivity index (χ3n) is 7.18. The number of hydrogen-bond acceptors (Lipinski definition) is 3. The van der Waals surface area contributed by atoms with Crippen molar-refractivity contribution in [1.82, 2.24) is 4.90 Å². The maximum atomic E-state index is 15.7. The molecule has 3 N–H and O–H groups in total. The van der Waals surface area contributed by atoms with E-state index in [9.17, 15) is 14.9 Å². The molecule has 3 aromatic carbocycles. The van der Waals surface area contributed by atoms with Crippen molar-refractivity contribution in [2.75, 3.05) is 11.9 Å². The SMILES string of the molecule is CC(C)(C)C[C@@H]1CN(C(=O)Nc2ccc(C(N)=O)cc2)[C@H](c2cccc(Cl)c2F)[C@@]1(C#N)c1ccc(Cl)cc1F. The highest BCUT2D eigenvalue weighted by Crippen LogP contribution is 2.56. The van der Waals surface area contributed by atoms with E-state index in [1.54, 1.807) is 0 Å². The van der Waals surface area contributed by atoms with Gasteiger partial charge < -0.3 is 16.0 Å². The molecule has 4 rings (SSSR count). The summed E-state index contributed by atoms with van der Waals surface area (Å²) in [7, 11) is 0. The Kier molecular flexibility index (Phi) is 8.11. The largest absolute Gasteiger partial charge is 0.366 e. The number of urea groups is 1. The normalized spacial score (nSPS) is 20.7. The van der Waals surface area contributed by atoms with Crippen molar-refractivity contribution in [2.45, 2.75) is 38.6 Å². The summed E-state index contributed by atoms with van der Waals surface area (Å²) in [5.74, 6) is -2.75. The number of amides is 3. The fourth-order valence-electron chi connectivity index (χ4n) is 5.58. The second kappa shape index (κ2) is 11.1. The number of nitrogens with one attached hydrogen (secondary N) is 1. The van der Waals surface area contributed by atoms with E-state index in [0.29, 0.717) is 12.1 Å². The molecule has 0 aromatic heterocycles. The van der Waals surface area contributed by atoms with Crippen LogP contribution in [0.25, 0.3) is 0 Å². The number of carbonyl (C=O) groups excluding carboxylic acids is 2. The average molecular weight is 585 g/mol. The van der Waals surface area contributed by atoms with E-state index in [4.69, 9.17) is 28.9 Å². The highest BCUT2D eigenvalue weighted by atomic mass is 35.5. The second-order valence-corrected chi connectivity index (χ2v) is 12.0. The Morgan fingerprint density at radius 1 is 1.12 bits per heavy atom. The fourth-order valence-corrected chi connectivity index (χ4v) is 5.92.